The summed E-state index contributed by atoms with van der Waals surface area (Å²) in [5.74, 6) is -1.57. The van der Waals surface area contributed by atoms with E-state index in [1.807, 2.05) is 20.8 Å². The molecule has 2 aromatic rings. The molecule has 26 heavy (non-hydrogen) atoms. The van der Waals surface area contributed by atoms with Gasteiger partial charge in [-0.1, -0.05) is 24.3 Å². The van der Waals surface area contributed by atoms with Crippen LogP contribution in [0.5, 0.6) is 0 Å². The fraction of sp³-hybridized carbons (Fsp3) is 0.250. The number of hydrogen-bond donors (Lipinski definition) is 3. The molecule has 2 amide bonds. The summed E-state index contributed by atoms with van der Waals surface area (Å²) in [4.78, 5) is 35.6. The van der Waals surface area contributed by atoms with E-state index in [9.17, 15) is 14.4 Å². The monoisotopic (exact) mass is 354 g/mol. The van der Waals surface area contributed by atoms with Crippen molar-refractivity contribution in [1.82, 2.24) is 5.32 Å². The third-order valence-electron chi connectivity index (χ3n) is 3.50. The van der Waals surface area contributed by atoms with E-state index in [-0.39, 0.29) is 29.3 Å². The Hall–Kier alpha value is -3.15. The van der Waals surface area contributed by atoms with Crippen molar-refractivity contribution in [2.45, 2.75) is 32.7 Å². The number of carboxylic acid groups (broad SMARTS) is 1. The Morgan fingerprint density at radius 3 is 2.15 bits per heavy atom. The van der Waals surface area contributed by atoms with Gasteiger partial charge in [0.2, 0.25) is 5.91 Å². The Morgan fingerprint density at radius 2 is 1.58 bits per heavy atom. The van der Waals surface area contributed by atoms with Crippen LogP contribution in [0.4, 0.5) is 5.69 Å². The van der Waals surface area contributed by atoms with Gasteiger partial charge < -0.3 is 15.7 Å². The number of para-hydroxylation sites is 1. The lowest BCUT2D eigenvalue weighted by Crippen LogP contribution is -2.40. The summed E-state index contributed by atoms with van der Waals surface area (Å²) < 4.78 is 0. The Balaban J connectivity index is 2.09. The Morgan fingerprint density at radius 1 is 0.962 bits per heavy atom. The van der Waals surface area contributed by atoms with Crippen LogP contribution in [0.25, 0.3) is 0 Å². The summed E-state index contributed by atoms with van der Waals surface area (Å²) in [5, 5.41) is 14.5. The van der Waals surface area contributed by atoms with Crippen LogP contribution in [-0.4, -0.2) is 28.4 Å². The lowest BCUT2D eigenvalue weighted by atomic mass is 10.1. The standard InChI is InChI=1S/C20H22N2O4/c1-20(2,3)22-18(24)15-6-4-5-7-16(15)21-17(23)12-13-8-10-14(11-9-13)19(25)26/h4-11H,12H2,1-3H3,(H,21,23)(H,22,24)(H,25,26). The highest BCUT2D eigenvalue weighted by molar-refractivity contribution is 6.04. The van der Waals surface area contributed by atoms with Crippen molar-refractivity contribution in [3.05, 3.63) is 65.2 Å². The first-order chi connectivity index (χ1) is 12.2. The number of amides is 2. The van der Waals surface area contributed by atoms with Gasteiger partial charge in [-0.2, -0.15) is 0 Å². The number of carboxylic acids is 1. The molecular formula is C20H22N2O4. The largest absolute Gasteiger partial charge is 0.478 e. The molecule has 0 unspecified atom stereocenters. The van der Waals surface area contributed by atoms with E-state index in [4.69, 9.17) is 5.11 Å². The van der Waals surface area contributed by atoms with Gasteiger partial charge in [-0.3, -0.25) is 9.59 Å². The number of anilines is 1. The van der Waals surface area contributed by atoms with Crippen molar-refractivity contribution in [2.75, 3.05) is 5.32 Å². The predicted octanol–water partition coefficient (Wildman–Crippen LogP) is 3.09. The molecule has 136 valence electrons. The van der Waals surface area contributed by atoms with Crippen LogP contribution >= 0.6 is 0 Å². The normalized spacial score (nSPS) is 10.9. The molecule has 0 saturated heterocycles. The summed E-state index contributed by atoms with van der Waals surface area (Å²) in [6.45, 7) is 5.65. The van der Waals surface area contributed by atoms with E-state index < -0.39 is 5.97 Å². The van der Waals surface area contributed by atoms with Crippen LogP contribution in [-0.2, 0) is 11.2 Å². The van der Waals surface area contributed by atoms with E-state index >= 15 is 0 Å². The third-order valence-corrected chi connectivity index (χ3v) is 3.50. The summed E-state index contributed by atoms with van der Waals surface area (Å²) in [5.41, 5.74) is 1.28. The van der Waals surface area contributed by atoms with E-state index in [0.717, 1.165) is 0 Å². The van der Waals surface area contributed by atoms with E-state index in [1.54, 1.807) is 36.4 Å². The molecule has 0 bridgehead atoms. The zero-order valence-corrected chi connectivity index (χ0v) is 15.0. The van der Waals surface area contributed by atoms with E-state index in [2.05, 4.69) is 10.6 Å². The predicted molar refractivity (Wildman–Crippen MR) is 99.4 cm³/mol. The second-order valence-corrected chi connectivity index (χ2v) is 6.98. The summed E-state index contributed by atoms with van der Waals surface area (Å²) in [6, 6.07) is 12.9. The van der Waals surface area contributed by atoms with Gasteiger partial charge in [-0.05, 0) is 50.6 Å². The minimum Gasteiger partial charge on any atom is -0.478 e. The number of carbonyl (C=O) groups excluding carboxylic acids is 2. The molecule has 0 aliphatic heterocycles. The maximum absolute atomic E-state index is 12.4. The molecule has 0 saturated carbocycles. The van der Waals surface area contributed by atoms with Crippen molar-refractivity contribution >= 4 is 23.5 Å². The third kappa shape index (κ3) is 5.44. The van der Waals surface area contributed by atoms with Gasteiger partial charge in [0.05, 0.1) is 23.2 Å². The van der Waals surface area contributed by atoms with Gasteiger partial charge in [0, 0.05) is 5.54 Å². The second kappa shape index (κ2) is 7.82. The number of carbonyl (C=O) groups is 3. The van der Waals surface area contributed by atoms with Crippen LogP contribution < -0.4 is 10.6 Å². The van der Waals surface area contributed by atoms with Gasteiger partial charge in [0.25, 0.3) is 5.91 Å². The van der Waals surface area contributed by atoms with Gasteiger partial charge in [0.15, 0.2) is 0 Å². The quantitative estimate of drug-likeness (QED) is 0.769. The summed E-state index contributed by atoms with van der Waals surface area (Å²) in [7, 11) is 0. The Labute approximate surface area is 152 Å². The highest BCUT2D eigenvalue weighted by Gasteiger charge is 2.18. The van der Waals surface area contributed by atoms with E-state index in [1.165, 1.54) is 12.1 Å². The SMILES string of the molecule is CC(C)(C)NC(=O)c1ccccc1NC(=O)Cc1ccc(C(=O)O)cc1. The number of nitrogens with one attached hydrogen (secondary N) is 2. The van der Waals surface area contributed by atoms with Crippen LogP contribution in [0.15, 0.2) is 48.5 Å². The molecule has 3 N–H and O–H groups in total. The Kier molecular flexibility index (Phi) is 5.77. The summed E-state index contributed by atoms with van der Waals surface area (Å²) >= 11 is 0. The molecule has 0 aromatic heterocycles. The number of benzene rings is 2. The van der Waals surface area contributed by atoms with Crippen LogP contribution in [0.3, 0.4) is 0 Å². The number of aromatic carboxylic acids is 1. The van der Waals surface area contributed by atoms with Crippen molar-refractivity contribution < 1.29 is 19.5 Å². The maximum atomic E-state index is 12.4. The lowest BCUT2D eigenvalue weighted by Gasteiger charge is -2.21. The zero-order chi connectivity index (χ0) is 19.3. The first-order valence-electron chi connectivity index (χ1n) is 8.19. The van der Waals surface area contributed by atoms with Gasteiger partial charge >= 0.3 is 5.97 Å². The summed E-state index contributed by atoms with van der Waals surface area (Å²) in [6.07, 6.45) is 0.0785. The molecule has 2 aromatic carbocycles. The highest BCUT2D eigenvalue weighted by atomic mass is 16.4. The molecule has 0 aliphatic carbocycles. The average molecular weight is 354 g/mol. The highest BCUT2D eigenvalue weighted by Crippen LogP contribution is 2.17. The van der Waals surface area contributed by atoms with Crippen molar-refractivity contribution in [3.63, 3.8) is 0 Å². The molecular weight excluding hydrogens is 332 g/mol. The van der Waals surface area contributed by atoms with Crippen LogP contribution in [0.2, 0.25) is 0 Å². The minimum atomic E-state index is -1.01. The first kappa shape index (κ1) is 19.2. The smallest absolute Gasteiger partial charge is 0.335 e. The van der Waals surface area contributed by atoms with Crippen molar-refractivity contribution in [2.24, 2.45) is 0 Å². The maximum Gasteiger partial charge on any atom is 0.335 e. The molecule has 6 nitrogen and oxygen atoms in total. The number of rotatable bonds is 5. The van der Waals surface area contributed by atoms with Crippen molar-refractivity contribution in [3.8, 4) is 0 Å². The lowest BCUT2D eigenvalue weighted by molar-refractivity contribution is -0.115. The molecule has 0 atom stereocenters. The molecule has 0 heterocycles. The van der Waals surface area contributed by atoms with Gasteiger partial charge in [0.1, 0.15) is 0 Å². The zero-order valence-electron chi connectivity index (χ0n) is 15.0. The molecule has 0 fully saturated rings. The average Bonchev–Trinajstić information content (AvgIpc) is 2.54. The molecule has 0 spiro atoms. The number of hydrogen-bond acceptors (Lipinski definition) is 3. The topological polar surface area (TPSA) is 95.5 Å². The van der Waals surface area contributed by atoms with E-state index in [0.29, 0.717) is 16.8 Å². The van der Waals surface area contributed by atoms with Crippen LogP contribution in [0, 0.1) is 0 Å². The van der Waals surface area contributed by atoms with Gasteiger partial charge in [-0.25, -0.2) is 4.79 Å². The molecule has 6 heteroatoms. The minimum absolute atomic E-state index is 0.0785. The fourth-order valence-corrected chi connectivity index (χ4v) is 2.34. The molecule has 0 aliphatic rings. The Bertz CT molecular complexity index is 820. The second-order valence-electron chi connectivity index (χ2n) is 6.98. The first-order valence-corrected chi connectivity index (χ1v) is 8.19. The van der Waals surface area contributed by atoms with Gasteiger partial charge in [-0.15, -0.1) is 0 Å². The fourth-order valence-electron chi connectivity index (χ4n) is 2.34. The van der Waals surface area contributed by atoms with Crippen LogP contribution in [0.1, 0.15) is 47.1 Å². The van der Waals surface area contributed by atoms with Crippen molar-refractivity contribution in [1.29, 1.82) is 0 Å². The molecule has 2 rings (SSSR count). The molecule has 0 radical (unpaired) electrons.